The molecule has 0 bridgehead atoms. The fourth-order valence-electron chi connectivity index (χ4n) is 5.61. The summed E-state index contributed by atoms with van der Waals surface area (Å²) in [5, 5.41) is 7.14. The number of para-hydroxylation sites is 2. The summed E-state index contributed by atoms with van der Waals surface area (Å²) in [6.45, 7) is 0. The molecule has 0 amide bonds. The minimum atomic E-state index is 0.906. The predicted molar refractivity (Wildman–Crippen MR) is 159 cm³/mol. The van der Waals surface area contributed by atoms with Crippen molar-refractivity contribution in [2.24, 2.45) is 0 Å². The van der Waals surface area contributed by atoms with Crippen LogP contribution >= 0.6 is 11.3 Å². The van der Waals surface area contributed by atoms with E-state index in [2.05, 4.69) is 126 Å². The number of rotatable bonds is 3. The molecule has 0 aliphatic heterocycles. The van der Waals surface area contributed by atoms with E-state index >= 15 is 0 Å². The lowest BCUT2D eigenvalue weighted by molar-refractivity contribution is 0.672. The second-order valence-corrected chi connectivity index (χ2v) is 10.4. The molecule has 3 heteroatoms. The minimum absolute atomic E-state index is 0.906. The molecule has 0 unspecified atom stereocenters. The van der Waals surface area contributed by atoms with Crippen LogP contribution in [0.15, 0.2) is 132 Å². The van der Waals surface area contributed by atoms with Gasteiger partial charge in [-0.15, -0.1) is 11.3 Å². The first-order valence-corrected chi connectivity index (χ1v) is 13.3. The minimum Gasteiger partial charge on any atom is -0.455 e. The Morgan fingerprint density at radius 2 is 1.24 bits per heavy atom. The Morgan fingerprint density at radius 3 is 2.14 bits per heavy atom. The van der Waals surface area contributed by atoms with Crippen LogP contribution in [-0.2, 0) is 0 Å². The van der Waals surface area contributed by atoms with E-state index in [0.717, 1.165) is 44.1 Å². The molecule has 0 aliphatic rings. The number of hydrogen-bond donors (Lipinski definition) is 0. The summed E-state index contributed by atoms with van der Waals surface area (Å²) >= 11 is 1.86. The highest BCUT2D eigenvalue weighted by Gasteiger charge is 2.23. The van der Waals surface area contributed by atoms with Crippen molar-refractivity contribution in [2.45, 2.75) is 0 Å². The van der Waals surface area contributed by atoms with Crippen LogP contribution in [0.4, 0.5) is 17.1 Å². The molecule has 2 aromatic heterocycles. The molecule has 0 fully saturated rings. The molecule has 174 valence electrons. The number of nitrogens with zero attached hydrogens (tertiary/aromatic N) is 1. The van der Waals surface area contributed by atoms with Crippen LogP contribution in [0.1, 0.15) is 0 Å². The lowest BCUT2D eigenvalue weighted by atomic mass is 10.0. The van der Waals surface area contributed by atoms with Crippen molar-refractivity contribution in [3.05, 3.63) is 127 Å². The van der Waals surface area contributed by atoms with E-state index < -0.39 is 0 Å². The SMILES string of the molecule is c1ccc(N(c2cccc3c2sc2ccccc23)c2cc3ccccc3c3oc4ccccc4c23)cc1. The summed E-state index contributed by atoms with van der Waals surface area (Å²) in [7, 11) is 0. The summed E-state index contributed by atoms with van der Waals surface area (Å²) in [6, 6.07) is 45.2. The summed E-state index contributed by atoms with van der Waals surface area (Å²) < 4.78 is 9.12. The third-order valence-corrected chi connectivity index (χ3v) is 8.44. The van der Waals surface area contributed by atoms with Crippen molar-refractivity contribution in [3.8, 4) is 0 Å². The molecule has 0 saturated carbocycles. The van der Waals surface area contributed by atoms with Gasteiger partial charge in [-0.05, 0) is 41.8 Å². The van der Waals surface area contributed by atoms with E-state index in [9.17, 15) is 0 Å². The lowest BCUT2D eigenvalue weighted by Gasteiger charge is -2.27. The number of hydrogen-bond acceptors (Lipinski definition) is 3. The van der Waals surface area contributed by atoms with Crippen LogP contribution in [0.2, 0.25) is 0 Å². The predicted octanol–water partition coefficient (Wildman–Crippen LogP) is 10.6. The number of benzene rings is 6. The van der Waals surface area contributed by atoms with Crippen molar-refractivity contribution in [1.82, 2.24) is 0 Å². The Labute approximate surface area is 217 Å². The van der Waals surface area contributed by atoms with Gasteiger partial charge in [0.25, 0.3) is 0 Å². The Morgan fingerprint density at radius 1 is 0.541 bits per heavy atom. The Bertz CT molecular complexity index is 2100. The van der Waals surface area contributed by atoms with Crippen LogP contribution in [0.3, 0.4) is 0 Å². The number of thiophene rings is 1. The summed E-state index contributed by atoms with van der Waals surface area (Å²) in [4.78, 5) is 2.41. The van der Waals surface area contributed by atoms with E-state index in [1.165, 1.54) is 25.9 Å². The fourth-order valence-corrected chi connectivity index (χ4v) is 6.81. The third-order valence-electron chi connectivity index (χ3n) is 7.23. The molecule has 0 N–H and O–H groups in total. The average Bonchev–Trinajstić information content (AvgIpc) is 3.54. The summed E-state index contributed by atoms with van der Waals surface area (Å²) in [6.07, 6.45) is 0. The zero-order chi connectivity index (χ0) is 24.3. The largest absolute Gasteiger partial charge is 0.455 e. The van der Waals surface area contributed by atoms with Gasteiger partial charge >= 0.3 is 0 Å². The van der Waals surface area contributed by atoms with Gasteiger partial charge in [-0.2, -0.15) is 0 Å². The van der Waals surface area contributed by atoms with Gasteiger partial charge in [0.1, 0.15) is 11.2 Å². The molecule has 8 rings (SSSR count). The molecule has 0 saturated heterocycles. The summed E-state index contributed by atoms with van der Waals surface area (Å²) in [5.41, 5.74) is 5.25. The summed E-state index contributed by atoms with van der Waals surface area (Å²) in [5.74, 6) is 0. The molecule has 8 aromatic rings. The molecular formula is C34H21NOS. The van der Waals surface area contributed by atoms with Gasteiger partial charge in [0.05, 0.1) is 21.5 Å². The van der Waals surface area contributed by atoms with Gasteiger partial charge in [0.2, 0.25) is 0 Å². The molecule has 0 spiro atoms. The fraction of sp³-hybridized carbons (Fsp3) is 0. The monoisotopic (exact) mass is 491 g/mol. The highest BCUT2D eigenvalue weighted by atomic mass is 32.1. The zero-order valence-corrected chi connectivity index (χ0v) is 20.7. The highest BCUT2D eigenvalue weighted by Crippen LogP contribution is 2.49. The number of fused-ring (bicyclic) bond motifs is 8. The first-order valence-electron chi connectivity index (χ1n) is 12.5. The van der Waals surface area contributed by atoms with E-state index in [1.54, 1.807) is 0 Å². The van der Waals surface area contributed by atoms with Crippen molar-refractivity contribution in [1.29, 1.82) is 0 Å². The van der Waals surface area contributed by atoms with Crippen LogP contribution in [0.25, 0.3) is 52.9 Å². The van der Waals surface area contributed by atoms with Crippen molar-refractivity contribution >= 4 is 81.3 Å². The average molecular weight is 492 g/mol. The van der Waals surface area contributed by atoms with Gasteiger partial charge in [0.15, 0.2) is 0 Å². The van der Waals surface area contributed by atoms with Crippen molar-refractivity contribution < 1.29 is 4.42 Å². The van der Waals surface area contributed by atoms with Gasteiger partial charge < -0.3 is 9.32 Å². The van der Waals surface area contributed by atoms with Crippen LogP contribution in [0.5, 0.6) is 0 Å². The highest BCUT2D eigenvalue weighted by molar-refractivity contribution is 7.26. The molecule has 0 radical (unpaired) electrons. The zero-order valence-electron chi connectivity index (χ0n) is 19.9. The van der Waals surface area contributed by atoms with E-state index in [4.69, 9.17) is 4.42 Å². The standard InChI is InChI=1S/C34H21NOS/c1-2-12-23(13-3-1)35(28-18-10-17-26-25-15-7-9-20-31(25)37-34(26)28)29-21-22-11-4-5-14-24(22)33-32(29)27-16-6-8-19-30(27)36-33/h1-21H. The quantitative estimate of drug-likeness (QED) is 0.244. The van der Waals surface area contributed by atoms with Crippen LogP contribution in [0, 0.1) is 0 Å². The van der Waals surface area contributed by atoms with Crippen LogP contribution in [-0.4, -0.2) is 0 Å². The molecule has 2 nitrogen and oxygen atoms in total. The molecule has 2 heterocycles. The smallest absolute Gasteiger partial charge is 0.145 e. The molecule has 0 aliphatic carbocycles. The molecule has 37 heavy (non-hydrogen) atoms. The van der Waals surface area contributed by atoms with E-state index in [1.807, 2.05) is 17.4 Å². The molecule has 0 atom stereocenters. The molecular weight excluding hydrogens is 470 g/mol. The molecule has 6 aromatic carbocycles. The number of furan rings is 1. The normalized spacial score (nSPS) is 11.8. The van der Waals surface area contributed by atoms with Gasteiger partial charge in [-0.25, -0.2) is 0 Å². The van der Waals surface area contributed by atoms with Gasteiger partial charge in [0, 0.05) is 31.9 Å². The topological polar surface area (TPSA) is 16.4 Å². The second-order valence-electron chi connectivity index (χ2n) is 9.34. The first kappa shape index (κ1) is 20.6. The maximum atomic E-state index is 6.54. The van der Waals surface area contributed by atoms with Crippen molar-refractivity contribution in [2.75, 3.05) is 4.90 Å². The first-order chi connectivity index (χ1) is 18.4. The Hall–Kier alpha value is -4.60. The van der Waals surface area contributed by atoms with E-state index in [-0.39, 0.29) is 0 Å². The maximum absolute atomic E-state index is 6.54. The second kappa shape index (κ2) is 7.95. The maximum Gasteiger partial charge on any atom is 0.145 e. The Kier molecular flexibility index (Phi) is 4.42. The van der Waals surface area contributed by atoms with Crippen molar-refractivity contribution in [3.63, 3.8) is 0 Å². The van der Waals surface area contributed by atoms with Gasteiger partial charge in [-0.1, -0.05) is 91.0 Å². The Balaban J connectivity index is 1.55. The van der Waals surface area contributed by atoms with Crippen LogP contribution < -0.4 is 4.90 Å². The number of anilines is 3. The lowest BCUT2D eigenvalue weighted by Crippen LogP contribution is -2.10. The van der Waals surface area contributed by atoms with Gasteiger partial charge in [-0.3, -0.25) is 0 Å². The van der Waals surface area contributed by atoms with E-state index in [0.29, 0.717) is 0 Å². The third kappa shape index (κ3) is 3.05.